The van der Waals surface area contributed by atoms with Gasteiger partial charge in [0, 0.05) is 31.7 Å². The van der Waals surface area contributed by atoms with Crippen LogP contribution in [0.2, 0.25) is 0 Å². The Labute approximate surface area is 282 Å². The largest absolute Gasteiger partial charge is 0.456 e. The number of fused-ring (bicyclic) bond motifs is 7. The van der Waals surface area contributed by atoms with E-state index in [2.05, 4.69) is 163 Å². The Morgan fingerprint density at radius 3 is 2.19 bits per heavy atom. The Hall–Kier alpha value is -5.84. The number of hydrogen-bond donors (Lipinski definition) is 1. The Balaban J connectivity index is 1.06. The molecule has 0 saturated carbocycles. The van der Waals surface area contributed by atoms with Gasteiger partial charge in [-0.2, -0.15) is 0 Å². The monoisotopic (exact) mass is 632 g/mol. The maximum Gasteiger partial charge on any atom is 0.136 e. The lowest BCUT2D eigenvalue weighted by atomic mass is 9.95. The lowest BCUT2D eigenvalue weighted by Crippen LogP contribution is -2.32. The van der Waals surface area contributed by atoms with Crippen LogP contribution in [0.25, 0.3) is 60.7 Å². The highest BCUT2D eigenvalue weighted by molar-refractivity contribution is 8.03. The molecule has 0 radical (unpaired) electrons. The van der Waals surface area contributed by atoms with E-state index in [1.807, 2.05) is 11.8 Å². The molecule has 226 valence electrons. The van der Waals surface area contributed by atoms with Gasteiger partial charge in [0.1, 0.15) is 17.0 Å². The second kappa shape index (κ2) is 10.9. The highest BCUT2D eigenvalue weighted by Gasteiger charge is 2.35. The van der Waals surface area contributed by atoms with Gasteiger partial charge in [-0.3, -0.25) is 0 Å². The molecule has 1 aromatic heterocycles. The average molecular weight is 633 g/mol. The molecule has 0 fully saturated rings. The van der Waals surface area contributed by atoms with Gasteiger partial charge < -0.3 is 9.73 Å². The molecule has 0 bridgehead atoms. The summed E-state index contributed by atoms with van der Waals surface area (Å²) in [7, 11) is 0. The molecule has 1 atom stereocenters. The summed E-state index contributed by atoms with van der Waals surface area (Å²) in [5, 5.41) is 8.51. The first kappa shape index (κ1) is 27.3. The number of amidine groups is 1. The van der Waals surface area contributed by atoms with Gasteiger partial charge >= 0.3 is 0 Å². The molecule has 1 unspecified atom stereocenters. The van der Waals surface area contributed by atoms with E-state index in [0.29, 0.717) is 0 Å². The molecule has 1 N–H and O–H groups in total. The predicted octanol–water partition coefficient (Wildman–Crippen LogP) is 11.6. The van der Waals surface area contributed by atoms with Crippen LogP contribution < -0.4 is 5.32 Å². The minimum Gasteiger partial charge on any atom is -0.456 e. The molecule has 48 heavy (non-hydrogen) atoms. The van der Waals surface area contributed by atoms with Gasteiger partial charge in [-0.25, -0.2) is 4.99 Å². The number of nitrogens with zero attached hydrogens (tertiary/aromatic N) is 1. The number of nitrogens with one attached hydrogen (secondary N) is 1. The number of hydrogen-bond acceptors (Lipinski definition) is 4. The van der Waals surface area contributed by atoms with Crippen molar-refractivity contribution in [2.45, 2.75) is 10.9 Å². The lowest BCUT2D eigenvalue weighted by Gasteiger charge is -2.25. The van der Waals surface area contributed by atoms with Crippen molar-refractivity contribution in [3.63, 3.8) is 0 Å². The zero-order chi connectivity index (χ0) is 31.6. The van der Waals surface area contributed by atoms with Gasteiger partial charge in [-0.1, -0.05) is 145 Å². The lowest BCUT2D eigenvalue weighted by molar-refractivity contribution is 0.669. The molecule has 10 rings (SSSR count). The van der Waals surface area contributed by atoms with Gasteiger partial charge in [0.25, 0.3) is 0 Å². The van der Waals surface area contributed by atoms with Crippen molar-refractivity contribution >= 4 is 56.0 Å². The summed E-state index contributed by atoms with van der Waals surface area (Å²) in [6, 6.07) is 56.0. The van der Waals surface area contributed by atoms with Gasteiger partial charge in [0.05, 0.1) is 11.7 Å². The molecule has 0 aliphatic carbocycles. The molecule has 4 heteroatoms. The third-order valence-corrected chi connectivity index (χ3v) is 10.8. The van der Waals surface area contributed by atoms with E-state index in [-0.39, 0.29) is 6.04 Å². The van der Waals surface area contributed by atoms with Crippen molar-refractivity contribution in [3.05, 3.63) is 179 Å². The maximum atomic E-state index is 6.54. The normalized spacial score (nSPS) is 15.4. The summed E-state index contributed by atoms with van der Waals surface area (Å²) in [4.78, 5) is 7.84. The second-order valence-corrected chi connectivity index (χ2v) is 13.4. The third kappa shape index (κ3) is 4.34. The number of furan rings is 1. The summed E-state index contributed by atoms with van der Waals surface area (Å²) in [5.74, 6) is 0.862. The van der Waals surface area contributed by atoms with E-state index >= 15 is 0 Å². The fraction of sp³-hybridized carbons (Fsp3) is 0.0227. The highest BCUT2D eigenvalue weighted by Crippen LogP contribution is 2.52. The summed E-state index contributed by atoms with van der Waals surface area (Å²) in [6.07, 6.45) is 0. The Morgan fingerprint density at radius 1 is 0.542 bits per heavy atom. The molecule has 0 spiro atoms. The summed E-state index contributed by atoms with van der Waals surface area (Å²) < 4.78 is 6.54. The number of rotatable bonds is 4. The number of aliphatic imine (C=N–C) groups is 1. The van der Waals surface area contributed by atoms with E-state index in [1.54, 1.807) is 0 Å². The van der Waals surface area contributed by atoms with E-state index in [1.165, 1.54) is 37.3 Å². The quantitative estimate of drug-likeness (QED) is 0.210. The molecule has 0 saturated heterocycles. The van der Waals surface area contributed by atoms with Crippen molar-refractivity contribution in [3.8, 4) is 22.3 Å². The average Bonchev–Trinajstić information content (AvgIpc) is 3.73. The van der Waals surface area contributed by atoms with Crippen LogP contribution in [-0.4, -0.2) is 5.84 Å². The van der Waals surface area contributed by atoms with Crippen molar-refractivity contribution in [2.24, 2.45) is 4.99 Å². The van der Waals surface area contributed by atoms with Crippen LogP contribution in [0, 0.1) is 0 Å². The number of thioether (sulfide) groups is 1. The van der Waals surface area contributed by atoms with Crippen molar-refractivity contribution < 1.29 is 4.42 Å². The number of benzene rings is 7. The molecule has 0 amide bonds. The van der Waals surface area contributed by atoms with E-state index in [4.69, 9.17) is 9.41 Å². The highest BCUT2D eigenvalue weighted by atomic mass is 32.2. The fourth-order valence-corrected chi connectivity index (χ4v) is 8.51. The standard InChI is InChI=1S/C44H28N2OS/c1-2-11-30(12-3-1)41-43-42(35-15-6-7-19-39(35)48-43)46-44(45-41)36-17-9-18-37-40(36)34-25-24-31(26-38(34)47-37)27-20-22-29(23-21-27)33-16-8-13-28-10-4-5-14-32(28)33/h1-26,42H,(H,45,46). The second-order valence-electron chi connectivity index (χ2n) is 12.4. The topological polar surface area (TPSA) is 37.5 Å². The van der Waals surface area contributed by atoms with E-state index in [9.17, 15) is 0 Å². The molecular formula is C44H28N2OS. The Kier molecular flexibility index (Phi) is 6.18. The van der Waals surface area contributed by atoms with Gasteiger partial charge in [-0.05, 0) is 62.9 Å². The van der Waals surface area contributed by atoms with Crippen molar-refractivity contribution in [1.82, 2.24) is 5.32 Å². The maximum absolute atomic E-state index is 6.54. The molecule has 3 nitrogen and oxygen atoms in total. The van der Waals surface area contributed by atoms with Gasteiger partial charge in [-0.15, -0.1) is 0 Å². The van der Waals surface area contributed by atoms with E-state index < -0.39 is 0 Å². The first-order chi connectivity index (χ1) is 23.8. The van der Waals surface area contributed by atoms with E-state index in [0.717, 1.165) is 55.7 Å². The molecule has 2 aliphatic heterocycles. The fourth-order valence-electron chi connectivity index (χ4n) is 7.26. The molecule has 2 aliphatic rings. The smallest absolute Gasteiger partial charge is 0.136 e. The van der Waals surface area contributed by atoms with Crippen LogP contribution in [0.5, 0.6) is 0 Å². The first-order valence-corrected chi connectivity index (χ1v) is 17.1. The van der Waals surface area contributed by atoms with Crippen LogP contribution in [0.1, 0.15) is 22.7 Å². The van der Waals surface area contributed by atoms with Crippen LogP contribution in [0.3, 0.4) is 0 Å². The Morgan fingerprint density at radius 2 is 1.27 bits per heavy atom. The third-order valence-electron chi connectivity index (χ3n) is 9.57. The van der Waals surface area contributed by atoms with Crippen LogP contribution >= 0.6 is 11.8 Å². The first-order valence-electron chi connectivity index (χ1n) is 16.2. The summed E-state index contributed by atoms with van der Waals surface area (Å²) in [5.41, 5.74) is 10.9. The minimum absolute atomic E-state index is 0.0470. The van der Waals surface area contributed by atoms with Crippen LogP contribution in [0.4, 0.5) is 0 Å². The minimum atomic E-state index is 0.0470. The van der Waals surface area contributed by atoms with Crippen LogP contribution in [-0.2, 0) is 0 Å². The summed E-state index contributed by atoms with van der Waals surface area (Å²) in [6.45, 7) is 0. The van der Waals surface area contributed by atoms with Crippen molar-refractivity contribution in [2.75, 3.05) is 0 Å². The van der Waals surface area contributed by atoms with Gasteiger partial charge in [0.2, 0.25) is 0 Å². The summed E-state index contributed by atoms with van der Waals surface area (Å²) >= 11 is 1.82. The van der Waals surface area contributed by atoms with Crippen LogP contribution in [0.15, 0.2) is 177 Å². The van der Waals surface area contributed by atoms with Gasteiger partial charge in [0.15, 0.2) is 0 Å². The molecular weight excluding hydrogens is 605 g/mol. The van der Waals surface area contributed by atoms with Crippen molar-refractivity contribution in [1.29, 1.82) is 0 Å². The zero-order valence-corrected chi connectivity index (χ0v) is 26.7. The SMILES string of the molecule is c1ccc(C2=C3Sc4ccccc4C3NC(c3cccc4oc5cc(-c6ccc(-c7cccc8ccccc78)cc6)ccc5c34)=N2)cc1. The molecule has 8 aromatic rings. The zero-order valence-electron chi connectivity index (χ0n) is 25.9. The predicted molar refractivity (Wildman–Crippen MR) is 200 cm³/mol. The molecule has 7 aromatic carbocycles. The Bertz CT molecular complexity index is 2610. The molecule has 3 heterocycles.